The second-order valence-corrected chi connectivity index (χ2v) is 5.02. The normalized spacial score (nSPS) is 11.0. The first kappa shape index (κ1) is 13.2. The second kappa shape index (κ2) is 4.96. The Morgan fingerprint density at radius 2 is 1.15 bits per heavy atom. The molecule has 0 spiro atoms. The van der Waals surface area contributed by atoms with Gasteiger partial charge >= 0.3 is 0 Å². The predicted molar refractivity (Wildman–Crippen MR) is 80.2 cm³/mol. The summed E-state index contributed by atoms with van der Waals surface area (Å²) in [6.07, 6.45) is 0. The first-order valence-corrected chi connectivity index (χ1v) is 6.57. The number of nitrogens with zero attached hydrogens (tertiary/aromatic N) is 2. The summed E-state index contributed by atoms with van der Waals surface area (Å²) in [5.41, 5.74) is 1.38. The van der Waals surface area contributed by atoms with Crippen LogP contribution in [0.2, 0.25) is 10.0 Å². The van der Waals surface area contributed by atoms with Gasteiger partial charge < -0.3 is 9.47 Å². The molecule has 2 aromatic carbocycles. The van der Waals surface area contributed by atoms with E-state index >= 15 is 0 Å². The summed E-state index contributed by atoms with van der Waals surface area (Å²) in [6.45, 7) is 0. The van der Waals surface area contributed by atoms with Crippen molar-refractivity contribution in [3.05, 3.63) is 34.3 Å². The van der Waals surface area contributed by atoms with Crippen LogP contribution < -0.4 is 9.47 Å². The van der Waals surface area contributed by atoms with Crippen LogP contribution in [0.1, 0.15) is 0 Å². The van der Waals surface area contributed by atoms with Crippen molar-refractivity contribution in [3.63, 3.8) is 0 Å². The highest BCUT2D eigenvalue weighted by Crippen LogP contribution is 2.35. The Morgan fingerprint density at radius 1 is 0.750 bits per heavy atom. The van der Waals surface area contributed by atoms with E-state index in [4.69, 9.17) is 32.7 Å². The van der Waals surface area contributed by atoms with E-state index in [2.05, 4.69) is 10.2 Å². The van der Waals surface area contributed by atoms with E-state index in [-0.39, 0.29) is 0 Å². The summed E-state index contributed by atoms with van der Waals surface area (Å²) in [6, 6.07) is 7.12. The molecule has 6 heteroatoms. The van der Waals surface area contributed by atoms with E-state index in [0.29, 0.717) is 32.6 Å². The molecule has 0 N–H and O–H groups in total. The Morgan fingerprint density at radius 3 is 1.50 bits per heavy atom. The minimum absolute atomic E-state index is 0.495. The van der Waals surface area contributed by atoms with Gasteiger partial charge in [-0.15, -0.1) is 10.2 Å². The molecule has 0 unspecified atom stereocenters. The van der Waals surface area contributed by atoms with Crippen LogP contribution in [0, 0.1) is 0 Å². The van der Waals surface area contributed by atoms with Crippen LogP contribution in [0.15, 0.2) is 24.3 Å². The van der Waals surface area contributed by atoms with Crippen LogP contribution in [-0.2, 0) is 0 Å². The number of rotatable bonds is 2. The molecule has 0 radical (unpaired) electrons. The second-order valence-electron chi connectivity index (χ2n) is 4.21. The van der Waals surface area contributed by atoms with E-state index < -0.39 is 0 Å². The minimum Gasteiger partial charge on any atom is -0.495 e. The van der Waals surface area contributed by atoms with Crippen molar-refractivity contribution >= 4 is 45.0 Å². The number of halogens is 2. The third kappa shape index (κ3) is 2.01. The SMILES string of the molecule is COc1cc2c(cc1Cl)nnc1cc(Cl)c(OC)cc12. The average Bonchev–Trinajstić information content (AvgIpc) is 2.45. The Labute approximate surface area is 125 Å². The number of ether oxygens (including phenoxy) is 2. The summed E-state index contributed by atoms with van der Waals surface area (Å²) < 4.78 is 10.5. The molecular weight excluding hydrogens is 299 g/mol. The Balaban J connectivity index is 2.44. The van der Waals surface area contributed by atoms with E-state index in [1.807, 2.05) is 12.1 Å². The van der Waals surface area contributed by atoms with Gasteiger partial charge in [-0.3, -0.25) is 0 Å². The van der Waals surface area contributed by atoms with Crippen molar-refractivity contribution in [2.75, 3.05) is 14.2 Å². The molecule has 0 aliphatic rings. The van der Waals surface area contributed by atoms with Gasteiger partial charge in [0, 0.05) is 10.8 Å². The molecule has 0 aliphatic carbocycles. The minimum atomic E-state index is 0.495. The maximum absolute atomic E-state index is 6.10. The number of hydrogen-bond donors (Lipinski definition) is 0. The van der Waals surface area contributed by atoms with Gasteiger partial charge in [0.15, 0.2) is 0 Å². The molecule has 0 aliphatic heterocycles. The van der Waals surface area contributed by atoms with Gasteiger partial charge in [-0.2, -0.15) is 0 Å². The summed E-state index contributed by atoms with van der Waals surface area (Å²) in [5, 5.41) is 11.1. The Kier molecular flexibility index (Phi) is 3.28. The number of hydrogen-bond acceptors (Lipinski definition) is 4. The molecule has 0 saturated heterocycles. The molecule has 3 rings (SSSR count). The van der Waals surface area contributed by atoms with E-state index in [1.54, 1.807) is 26.4 Å². The highest BCUT2D eigenvalue weighted by atomic mass is 35.5. The summed E-state index contributed by atoms with van der Waals surface area (Å²) >= 11 is 12.2. The first-order valence-electron chi connectivity index (χ1n) is 5.81. The van der Waals surface area contributed by atoms with E-state index in [0.717, 1.165) is 10.8 Å². The molecule has 20 heavy (non-hydrogen) atoms. The van der Waals surface area contributed by atoms with Crippen LogP contribution in [-0.4, -0.2) is 24.4 Å². The standard InChI is InChI=1S/C14H10Cl2N2O2/c1-19-13-3-7-8-4-14(20-2)10(16)6-12(8)18-17-11(7)5-9(13)15/h3-6H,1-2H3. The van der Waals surface area contributed by atoms with Gasteiger partial charge in [-0.1, -0.05) is 23.2 Å². The topological polar surface area (TPSA) is 44.2 Å². The molecule has 102 valence electrons. The van der Waals surface area contributed by atoms with Gasteiger partial charge in [0.25, 0.3) is 0 Å². The molecular formula is C14H10Cl2N2O2. The molecule has 0 atom stereocenters. The molecule has 0 fully saturated rings. The van der Waals surface area contributed by atoms with Crippen LogP contribution in [0.5, 0.6) is 11.5 Å². The van der Waals surface area contributed by atoms with Gasteiger partial charge in [0.1, 0.15) is 11.5 Å². The van der Waals surface area contributed by atoms with Crippen molar-refractivity contribution in [1.29, 1.82) is 0 Å². The maximum Gasteiger partial charge on any atom is 0.138 e. The van der Waals surface area contributed by atoms with Crippen LogP contribution in [0.4, 0.5) is 0 Å². The monoisotopic (exact) mass is 308 g/mol. The lowest BCUT2D eigenvalue weighted by molar-refractivity contribution is 0.415. The maximum atomic E-state index is 6.10. The lowest BCUT2D eigenvalue weighted by atomic mass is 10.1. The van der Waals surface area contributed by atoms with Crippen molar-refractivity contribution in [2.24, 2.45) is 0 Å². The van der Waals surface area contributed by atoms with Crippen molar-refractivity contribution < 1.29 is 9.47 Å². The largest absolute Gasteiger partial charge is 0.495 e. The van der Waals surface area contributed by atoms with E-state index in [1.165, 1.54) is 0 Å². The lowest BCUT2D eigenvalue weighted by Gasteiger charge is -2.09. The van der Waals surface area contributed by atoms with Crippen molar-refractivity contribution in [3.8, 4) is 11.5 Å². The molecule has 3 aromatic rings. The van der Waals surface area contributed by atoms with E-state index in [9.17, 15) is 0 Å². The van der Waals surface area contributed by atoms with Gasteiger partial charge in [-0.05, 0) is 24.3 Å². The zero-order valence-corrected chi connectivity index (χ0v) is 12.3. The fraction of sp³-hybridized carbons (Fsp3) is 0.143. The van der Waals surface area contributed by atoms with Gasteiger partial charge in [0.05, 0.1) is 35.3 Å². The van der Waals surface area contributed by atoms with Gasteiger partial charge in [0.2, 0.25) is 0 Å². The molecule has 0 saturated carbocycles. The zero-order chi connectivity index (χ0) is 14.3. The van der Waals surface area contributed by atoms with Gasteiger partial charge in [-0.25, -0.2) is 0 Å². The summed E-state index contributed by atoms with van der Waals surface area (Å²) in [7, 11) is 3.14. The summed E-state index contributed by atoms with van der Waals surface area (Å²) in [5.74, 6) is 1.17. The smallest absolute Gasteiger partial charge is 0.138 e. The molecule has 4 nitrogen and oxygen atoms in total. The first-order chi connectivity index (χ1) is 9.63. The molecule has 0 bridgehead atoms. The molecule has 1 heterocycles. The van der Waals surface area contributed by atoms with Crippen molar-refractivity contribution in [2.45, 2.75) is 0 Å². The number of fused-ring (bicyclic) bond motifs is 3. The fourth-order valence-corrected chi connectivity index (χ4v) is 2.57. The Hall–Kier alpha value is -1.78. The molecule has 0 amide bonds. The van der Waals surface area contributed by atoms with Crippen molar-refractivity contribution in [1.82, 2.24) is 10.2 Å². The average molecular weight is 309 g/mol. The number of methoxy groups -OCH3 is 2. The number of aromatic nitrogens is 2. The quantitative estimate of drug-likeness (QED) is 0.668. The number of benzene rings is 2. The highest BCUT2D eigenvalue weighted by Gasteiger charge is 2.11. The third-order valence-electron chi connectivity index (χ3n) is 3.10. The lowest BCUT2D eigenvalue weighted by Crippen LogP contribution is -1.92. The third-order valence-corrected chi connectivity index (χ3v) is 3.69. The summed E-state index contributed by atoms with van der Waals surface area (Å²) in [4.78, 5) is 0. The van der Waals surface area contributed by atoms with Crippen LogP contribution in [0.25, 0.3) is 21.8 Å². The predicted octanol–water partition coefficient (Wildman–Crippen LogP) is 4.11. The zero-order valence-electron chi connectivity index (χ0n) is 10.8. The highest BCUT2D eigenvalue weighted by molar-refractivity contribution is 6.34. The van der Waals surface area contributed by atoms with Crippen LogP contribution in [0.3, 0.4) is 0 Å². The fourth-order valence-electron chi connectivity index (χ4n) is 2.10. The van der Waals surface area contributed by atoms with Crippen LogP contribution >= 0.6 is 23.2 Å². The Bertz CT molecular complexity index is 752. The molecule has 1 aromatic heterocycles.